The van der Waals surface area contributed by atoms with Crippen molar-refractivity contribution >= 4 is 17.6 Å². The number of hydrogen-bond donors (Lipinski definition) is 3. The van der Waals surface area contributed by atoms with Crippen LogP contribution in [0, 0.1) is 5.82 Å². The maximum atomic E-state index is 13.2. The van der Waals surface area contributed by atoms with Gasteiger partial charge in [-0.15, -0.1) is 0 Å². The van der Waals surface area contributed by atoms with Gasteiger partial charge in [-0.05, 0) is 0 Å². The number of hydrogen-bond acceptors (Lipinski definition) is 7. The lowest BCUT2D eigenvalue weighted by molar-refractivity contribution is -0.0528. The molecule has 0 bridgehead atoms. The number of thioether (sulfide) groups is 1. The van der Waals surface area contributed by atoms with Crippen LogP contribution in [0.5, 0.6) is 0 Å². The SMILES string of the molecule is Nc1nc(=O)n([C@H]2O[C@@H](CO)SC2O)cc1F. The van der Waals surface area contributed by atoms with Crippen molar-refractivity contribution in [1.82, 2.24) is 9.55 Å². The molecule has 0 aliphatic carbocycles. The summed E-state index contributed by atoms with van der Waals surface area (Å²) in [7, 11) is 0. The van der Waals surface area contributed by atoms with E-state index in [0.717, 1.165) is 22.5 Å². The van der Waals surface area contributed by atoms with E-state index >= 15 is 0 Å². The molecule has 9 heteroatoms. The zero-order chi connectivity index (χ0) is 12.6. The summed E-state index contributed by atoms with van der Waals surface area (Å²) in [6.45, 7) is -0.322. The first-order chi connectivity index (χ1) is 8.02. The second-order valence-electron chi connectivity index (χ2n) is 3.33. The molecule has 0 aromatic carbocycles. The molecule has 0 amide bonds. The van der Waals surface area contributed by atoms with E-state index in [1.807, 2.05) is 0 Å². The van der Waals surface area contributed by atoms with Gasteiger partial charge in [-0.25, -0.2) is 9.18 Å². The first-order valence-electron chi connectivity index (χ1n) is 4.67. The van der Waals surface area contributed by atoms with Gasteiger partial charge >= 0.3 is 5.69 Å². The summed E-state index contributed by atoms with van der Waals surface area (Å²) >= 11 is 0.929. The highest BCUT2D eigenvalue weighted by Gasteiger charge is 2.36. The number of rotatable bonds is 2. The van der Waals surface area contributed by atoms with Crippen LogP contribution in [0.4, 0.5) is 10.2 Å². The zero-order valence-electron chi connectivity index (χ0n) is 8.49. The maximum absolute atomic E-state index is 13.2. The number of nitrogens with two attached hydrogens (primary N) is 1. The molecule has 3 atom stereocenters. The predicted molar refractivity (Wildman–Crippen MR) is 57.5 cm³/mol. The standard InChI is InChI=1S/C8H10FN3O4S/c9-3-1-12(8(15)11-5(3)10)6-7(14)17-4(2-13)16-6/h1,4,6-7,13-14H,2H2,(H2,10,11,15)/t4-,6+,7?/m1/s1. The van der Waals surface area contributed by atoms with Crippen LogP contribution in [0.3, 0.4) is 0 Å². The number of aliphatic hydroxyl groups is 2. The van der Waals surface area contributed by atoms with Crippen LogP contribution in [-0.2, 0) is 4.74 Å². The van der Waals surface area contributed by atoms with Gasteiger partial charge in [-0.3, -0.25) is 4.57 Å². The minimum atomic E-state index is -1.09. The van der Waals surface area contributed by atoms with Gasteiger partial charge in [0.05, 0.1) is 12.8 Å². The van der Waals surface area contributed by atoms with E-state index in [9.17, 15) is 14.3 Å². The van der Waals surface area contributed by atoms with Gasteiger partial charge in [0.1, 0.15) is 10.9 Å². The van der Waals surface area contributed by atoms with Gasteiger partial charge in [0.15, 0.2) is 17.9 Å². The molecule has 4 N–H and O–H groups in total. The molecule has 1 saturated heterocycles. The second-order valence-corrected chi connectivity index (χ2v) is 4.61. The van der Waals surface area contributed by atoms with E-state index in [4.69, 9.17) is 15.6 Å². The lowest BCUT2D eigenvalue weighted by atomic mass is 10.5. The number of nitrogen functional groups attached to an aromatic ring is 1. The fourth-order valence-corrected chi connectivity index (χ4v) is 2.31. The third kappa shape index (κ3) is 2.27. The van der Waals surface area contributed by atoms with E-state index in [2.05, 4.69) is 4.98 Å². The van der Waals surface area contributed by atoms with Gasteiger partial charge < -0.3 is 20.7 Å². The first-order valence-corrected chi connectivity index (χ1v) is 5.61. The Kier molecular flexibility index (Phi) is 3.33. The predicted octanol–water partition coefficient (Wildman–Crippen LogP) is -1.14. The summed E-state index contributed by atoms with van der Waals surface area (Å²) in [4.78, 5) is 14.7. The van der Waals surface area contributed by atoms with Crippen LogP contribution in [0.25, 0.3) is 0 Å². The van der Waals surface area contributed by atoms with E-state index in [1.165, 1.54) is 0 Å². The van der Waals surface area contributed by atoms with Gasteiger partial charge in [0.25, 0.3) is 0 Å². The number of aromatic nitrogens is 2. The minimum Gasteiger partial charge on any atom is -0.393 e. The summed E-state index contributed by atoms with van der Waals surface area (Å²) in [6, 6.07) is 0. The Bertz CT molecular complexity index is 482. The third-order valence-electron chi connectivity index (χ3n) is 2.18. The van der Waals surface area contributed by atoms with E-state index in [0.29, 0.717) is 0 Å². The highest BCUT2D eigenvalue weighted by atomic mass is 32.2. The summed E-state index contributed by atoms with van der Waals surface area (Å²) in [5.74, 6) is -1.39. The highest BCUT2D eigenvalue weighted by molar-refractivity contribution is 8.00. The molecule has 1 unspecified atom stereocenters. The van der Waals surface area contributed by atoms with Gasteiger partial charge in [0, 0.05) is 0 Å². The molecule has 94 valence electrons. The summed E-state index contributed by atoms with van der Waals surface area (Å²) in [6.07, 6.45) is -0.272. The van der Waals surface area contributed by atoms with Crippen molar-refractivity contribution < 1.29 is 19.3 Å². The Balaban J connectivity index is 2.35. The molecule has 17 heavy (non-hydrogen) atoms. The Morgan fingerprint density at radius 3 is 3.00 bits per heavy atom. The van der Waals surface area contributed by atoms with Crippen LogP contribution in [0.2, 0.25) is 0 Å². The van der Waals surface area contributed by atoms with Crippen molar-refractivity contribution in [3.05, 3.63) is 22.5 Å². The van der Waals surface area contributed by atoms with Crippen molar-refractivity contribution in [2.45, 2.75) is 17.1 Å². The molecule has 0 spiro atoms. The van der Waals surface area contributed by atoms with Crippen molar-refractivity contribution in [2.24, 2.45) is 0 Å². The average Bonchev–Trinajstić information content (AvgIpc) is 2.65. The minimum absolute atomic E-state index is 0.322. The van der Waals surface area contributed by atoms with Gasteiger partial charge in [-0.2, -0.15) is 4.98 Å². The van der Waals surface area contributed by atoms with Crippen LogP contribution >= 0.6 is 11.8 Å². The lowest BCUT2D eigenvalue weighted by Crippen LogP contribution is -2.32. The van der Waals surface area contributed by atoms with Crippen LogP contribution in [0.15, 0.2) is 11.0 Å². The molecule has 2 heterocycles. The topological polar surface area (TPSA) is 111 Å². The Morgan fingerprint density at radius 1 is 1.71 bits per heavy atom. The Morgan fingerprint density at radius 2 is 2.41 bits per heavy atom. The first kappa shape index (κ1) is 12.3. The highest BCUT2D eigenvalue weighted by Crippen LogP contribution is 2.36. The molecule has 1 aromatic heterocycles. The number of nitrogens with zero attached hydrogens (tertiary/aromatic N) is 2. The third-order valence-corrected chi connectivity index (χ3v) is 3.26. The van der Waals surface area contributed by atoms with Crippen molar-refractivity contribution in [3.8, 4) is 0 Å². The zero-order valence-corrected chi connectivity index (χ0v) is 9.30. The normalized spacial score (nSPS) is 28.5. The van der Waals surface area contributed by atoms with Crippen molar-refractivity contribution in [3.63, 3.8) is 0 Å². The largest absolute Gasteiger partial charge is 0.393 e. The number of anilines is 1. The molecule has 1 aromatic rings. The van der Waals surface area contributed by atoms with E-state index in [1.54, 1.807) is 0 Å². The second kappa shape index (κ2) is 4.61. The van der Waals surface area contributed by atoms with Crippen LogP contribution < -0.4 is 11.4 Å². The molecule has 2 rings (SSSR count). The van der Waals surface area contributed by atoms with Crippen molar-refractivity contribution in [1.29, 1.82) is 0 Å². The fourth-order valence-electron chi connectivity index (χ4n) is 1.41. The molecule has 7 nitrogen and oxygen atoms in total. The van der Waals surface area contributed by atoms with Crippen LogP contribution in [-0.4, -0.2) is 37.2 Å². The molecule has 1 fully saturated rings. The maximum Gasteiger partial charge on any atom is 0.351 e. The summed E-state index contributed by atoms with van der Waals surface area (Å²) in [5, 5.41) is 18.5. The van der Waals surface area contributed by atoms with Gasteiger partial charge in [-0.1, -0.05) is 11.8 Å². The monoisotopic (exact) mass is 263 g/mol. The average molecular weight is 263 g/mol. The molecule has 1 aliphatic rings. The fraction of sp³-hybridized carbons (Fsp3) is 0.500. The smallest absolute Gasteiger partial charge is 0.351 e. The quantitative estimate of drug-likeness (QED) is 0.618. The molecular formula is C8H10FN3O4S. The summed E-state index contributed by atoms with van der Waals surface area (Å²) in [5.41, 5.74) is 2.55. The molecule has 0 saturated carbocycles. The molecular weight excluding hydrogens is 253 g/mol. The van der Waals surface area contributed by atoms with E-state index < -0.39 is 34.4 Å². The van der Waals surface area contributed by atoms with Gasteiger partial charge in [0.2, 0.25) is 0 Å². The number of ether oxygens (including phenoxy) is 1. The van der Waals surface area contributed by atoms with Crippen molar-refractivity contribution in [2.75, 3.05) is 12.3 Å². The number of aliphatic hydroxyl groups excluding tert-OH is 2. The molecule has 1 aliphatic heterocycles. The Labute approximate surface area is 99.0 Å². The number of halogens is 1. The van der Waals surface area contributed by atoms with E-state index in [-0.39, 0.29) is 6.61 Å². The lowest BCUT2D eigenvalue weighted by Gasteiger charge is -2.15. The molecule has 0 radical (unpaired) electrons. The summed E-state index contributed by atoms with van der Waals surface area (Å²) < 4.78 is 19.1. The van der Waals surface area contributed by atoms with Crippen LogP contribution in [0.1, 0.15) is 6.23 Å². The Hall–Kier alpha value is -1.16.